The zero-order valence-electron chi connectivity index (χ0n) is 16.6. The first kappa shape index (κ1) is 17.7. The Morgan fingerprint density at radius 3 is 2.13 bits per heavy atom. The van der Waals surface area contributed by atoms with Gasteiger partial charge >= 0.3 is 0 Å². The Labute approximate surface area is 144 Å². The fourth-order valence-electron chi connectivity index (χ4n) is 6.93. The van der Waals surface area contributed by atoms with Crippen LogP contribution < -0.4 is 0 Å². The van der Waals surface area contributed by atoms with E-state index in [1.807, 2.05) is 6.92 Å². The van der Waals surface area contributed by atoms with Gasteiger partial charge in [-0.1, -0.05) is 48.5 Å². The molecule has 0 aromatic carbocycles. The maximum Gasteiger partial charge on any atom is 0.100 e. The standard InChI is InChI=1S/C22H39F/c1-8-17(23)11-16-13-22(7,14(2)3)21(16,6)10-9-20(5)18-12-19(20)15(18)4/h14-19H,8-13H2,1-7H3/t15?,16?,17?,18-,19-,20?,21?,22?/m1/s1. The molecular weight excluding hydrogens is 283 g/mol. The van der Waals surface area contributed by atoms with Crippen molar-refractivity contribution in [2.45, 2.75) is 93.2 Å². The molecule has 0 spiro atoms. The lowest BCUT2D eigenvalue weighted by molar-refractivity contribution is -0.248. The molecule has 2 bridgehead atoms. The second kappa shape index (κ2) is 5.46. The Balaban J connectivity index is 1.68. The Morgan fingerprint density at radius 1 is 1.09 bits per heavy atom. The third kappa shape index (κ3) is 2.20. The summed E-state index contributed by atoms with van der Waals surface area (Å²) in [6.07, 6.45) is 6.32. The summed E-state index contributed by atoms with van der Waals surface area (Å²) in [6.45, 7) is 16.7. The molecule has 4 rings (SSSR count). The molecule has 4 aliphatic carbocycles. The number of hydrogen-bond donors (Lipinski definition) is 0. The number of hydrogen-bond acceptors (Lipinski definition) is 0. The van der Waals surface area contributed by atoms with Crippen LogP contribution in [0.25, 0.3) is 0 Å². The summed E-state index contributed by atoms with van der Waals surface area (Å²) in [5.74, 6) is 4.26. The fraction of sp³-hybridized carbons (Fsp3) is 1.00. The average molecular weight is 323 g/mol. The van der Waals surface area contributed by atoms with E-state index in [1.165, 1.54) is 25.7 Å². The predicted molar refractivity (Wildman–Crippen MR) is 97.1 cm³/mol. The van der Waals surface area contributed by atoms with E-state index >= 15 is 0 Å². The van der Waals surface area contributed by atoms with Crippen LogP contribution in [0, 0.1) is 45.8 Å². The van der Waals surface area contributed by atoms with Gasteiger partial charge in [-0.2, -0.15) is 0 Å². The lowest BCUT2D eigenvalue weighted by Crippen LogP contribution is -2.66. The smallest absolute Gasteiger partial charge is 0.100 e. The highest BCUT2D eigenvalue weighted by molar-refractivity contribution is 5.16. The summed E-state index contributed by atoms with van der Waals surface area (Å²) < 4.78 is 14.1. The minimum absolute atomic E-state index is 0.342. The third-order valence-electron chi connectivity index (χ3n) is 9.79. The van der Waals surface area contributed by atoms with Crippen molar-refractivity contribution < 1.29 is 4.39 Å². The van der Waals surface area contributed by atoms with E-state index < -0.39 is 6.17 Å². The van der Waals surface area contributed by atoms with Gasteiger partial charge in [-0.3, -0.25) is 0 Å². The topological polar surface area (TPSA) is 0 Å². The Hall–Kier alpha value is -0.0700. The summed E-state index contributed by atoms with van der Waals surface area (Å²) >= 11 is 0. The molecule has 0 aliphatic heterocycles. The minimum Gasteiger partial charge on any atom is -0.247 e. The minimum atomic E-state index is -0.594. The Bertz CT molecular complexity index is 445. The summed E-state index contributed by atoms with van der Waals surface area (Å²) in [6, 6.07) is 0. The van der Waals surface area contributed by atoms with Crippen molar-refractivity contribution in [3.8, 4) is 0 Å². The molecule has 0 aromatic heterocycles. The van der Waals surface area contributed by atoms with Gasteiger partial charge in [0, 0.05) is 0 Å². The molecule has 4 fully saturated rings. The van der Waals surface area contributed by atoms with Crippen molar-refractivity contribution in [3.63, 3.8) is 0 Å². The summed E-state index contributed by atoms with van der Waals surface area (Å²) in [7, 11) is 0. The summed E-state index contributed by atoms with van der Waals surface area (Å²) in [4.78, 5) is 0. The van der Waals surface area contributed by atoms with E-state index in [1.54, 1.807) is 0 Å². The van der Waals surface area contributed by atoms with E-state index in [0.29, 0.717) is 34.5 Å². The highest BCUT2D eigenvalue weighted by atomic mass is 19.1. The van der Waals surface area contributed by atoms with E-state index in [4.69, 9.17) is 0 Å². The van der Waals surface area contributed by atoms with Crippen LogP contribution in [-0.4, -0.2) is 6.17 Å². The lowest BCUT2D eigenvalue weighted by atomic mass is 9.31. The first-order valence-corrected chi connectivity index (χ1v) is 10.2. The predicted octanol–water partition coefficient (Wildman–Crippen LogP) is 6.89. The van der Waals surface area contributed by atoms with Gasteiger partial charge in [0.15, 0.2) is 0 Å². The Kier molecular flexibility index (Phi) is 4.22. The number of halogens is 1. The first-order valence-electron chi connectivity index (χ1n) is 10.2. The molecule has 134 valence electrons. The molecule has 0 saturated heterocycles. The van der Waals surface area contributed by atoms with Crippen LogP contribution in [0.5, 0.6) is 0 Å². The van der Waals surface area contributed by atoms with E-state index in [9.17, 15) is 4.39 Å². The lowest BCUT2D eigenvalue weighted by Gasteiger charge is -2.73. The summed E-state index contributed by atoms with van der Waals surface area (Å²) in [5, 5.41) is 0. The van der Waals surface area contributed by atoms with Crippen molar-refractivity contribution in [1.29, 1.82) is 0 Å². The number of alkyl halides is 1. The van der Waals surface area contributed by atoms with E-state index in [2.05, 4.69) is 41.5 Å². The SMILES string of the molecule is CCC(F)CC1CC(C)(C(C)C)C1(C)CCC1(C)[C@@H]2C[C@@H]1C2C. The normalized spacial score (nSPS) is 52.6. The van der Waals surface area contributed by atoms with Crippen molar-refractivity contribution >= 4 is 0 Å². The van der Waals surface area contributed by atoms with Gasteiger partial charge in [0.1, 0.15) is 6.17 Å². The molecule has 0 N–H and O–H groups in total. The van der Waals surface area contributed by atoms with Crippen LogP contribution in [0.15, 0.2) is 0 Å². The van der Waals surface area contributed by atoms with E-state index in [-0.39, 0.29) is 0 Å². The zero-order chi connectivity index (χ0) is 17.2. The maximum absolute atomic E-state index is 14.1. The largest absolute Gasteiger partial charge is 0.247 e. The van der Waals surface area contributed by atoms with Gasteiger partial charge < -0.3 is 0 Å². The molecule has 0 aromatic rings. The molecule has 4 saturated carbocycles. The van der Waals surface area contributed by atoms with Gasteiger partial charge in [0.05, 0.1) is 0 Å². The third-order valence-corrected chi connectivity index (χ3v) is 9.79. The highest BCUT2D eigenvalue weighted by Crippen LogP contribution is 2.75. The monoisotopic (exact) mass is 322 g/mol. The molecule has 0 heterocycles. The van der Waals surface area contributed by atoms with Gasteiger partial charge in [-0.25, -0.2) is 4.39 Å². The highest BCUT2D eigenvalue weighted by Gasteiger charge is 2.67. The average Bonchev–Trinajstić information content (AvgIpc) is 2.48. The molecule has 6 atom stereocenters. The second-order valence-electron chi connectivity index (χ2n) is 10.4. The quantitative estimate of drug-likeness (QED) is 0.479. The van der Waals surface area contributed by atoms with Gasteiger partial charge in [-0.05, 0) is 84.4 Å². The maximum atomic E-state index is 14.1. The molecule has 4 aliphatic rings. The Morgan fingerprint density at radius 2 is 1.70 bits per heavy atom. The van der Waals surface area contributed by atoms with Crippen molar-refractivity contribution in [1.82, 2.24) is 0 Å². The summed E-state index contributed by atoms with van der Waals surface area (Å²) in [5.41, 5.74) is 1.37. The molecule has 0 amide bonds. The van der Waals surface area contributed by atoms with Crippen LogP contribution >= 0.6 is 0 Å². The molecule has 0 radical (unpaired) electrons. The molecule has 1 heteroatoms. The van der Waals surface area contributed by atoms with Gasteiger partial charge in [0.2, 0.25) is 0 Å². The van der Waals surface area contributed by atoms with Crippen molar-refractivity contribution in [3.05, 3.63) is 0 Å². The van der Waals surface area contributed by atoms with E-state index in [0.717, 1.165) is 24.2 Å². The van der Waals surface area contributed by atoms with Gasteiger partial charge in [0.25, 0.3) is 0 Å². The zero-order valence-corrected chi connectivity index (χ0v) is 16.6. The molecule has 4 unspecified atom stereocenters. The van der Waals surface area contributed by atoms with Crippen LogP contribution in [0.1, 0.15) is 87.0 Å². The number of rotatable bonds is 7. The molecule has 23 heavy (non-hydrogen) atoms. The van der Waals surface area contributed by atoms with Crippen LogP contribution in [0.2, 0.25) is 0 Å². The first-order chi connectivity index (χ1) is 10.6. The van der Waals surface area contributed by atoms with Crippen LogP contribution in [0.3, 0.4) is 0 Å². The molecule has 0 nitrogen and oxygen atoms in total. The fourth-order valence-corrected chi connectivity index (χ4v) is 6.93. The molecular formula is C22H39F. The van der Waals surface area contributed by atoms with Gasteiger partial charge in [-0.15, -0.1) is 0 Å². The van der Waals surface area contributed by atoms with Crippen LogP contribution in [0.4, 0.5) is 4.39 Å². The second-order valence-corrected chi connectivity index (χ2v) is 10.4. The van der Waals surface area contributed by atoms with Crippen LogP contribution in [-0.2, 0) is 0 Å². The van der Waals surface area contributed by atoms with Crippen molar-refractivity contribution in [2.24, 2.45) is 45.8 Å². The van der Waals surface area contributed by atoms with Crippen molar-refractivity contribution in [2.75, 3.05) is 0 Å².